The number of nitrogens with one attached hydrogen (secondary N) is 1. The first kappa shape index (κ1) is 21.2. The van der Waals surface area contributed by atoms with Gasteiger partial charge in [-0.25, -0.2) is 9.97 Å². The number of thioether (sulfide) groups is 1. The van der Waals surface area contributed by atoms with E-state index in [-0.39, 0.29) is 5.91 Å². The molecule has 0 bridgehead atoms. The molecule has 0 spiro atoms. The quantitative estimate of drug-likeness (QED) is 0.485. The molecule has 2 aromatic rings. The molecule has 2 heterocycles. The molecule has 1 saturated carbocycles. The zero-order chi connectivity index (χ0) is 20.9. The maximum absolute atomic E-state index is 12.2. The number of benzene rings is 1. The Kier molecular flexibility index (Phi) is 6.93. The lowest BCUT2D eigenvalue weighted by atomic mass is 10.0. The van der Waals surface area contributed by atoms with Gasteiger partial charge in [-0.3, -0.25) is 4.79 Å². The Morgan fingerprint density at radius 1 is 1.17 bits per heavy atom. The van der Waals surface area contributed by atoms with E-state index < -0.39 is 0 Å². The molecular formula is C24H32N4OS. The van der Waals surface area contributed by atoms with Crippen LogP contribution in [0.15, 0.2) is 35.5 Å². The molecule has 160 valence electrons. The van der Waals surface area contributed by atoms with Crippen LogP contribution < -0.4 is 10.2 Å². The van der Waals surface area contributed by atoms with Crippen LogP contribution in [-0.2, 0) is 12.2 Å². The van der Waals surface area contributed by atoms with Crippen LogP contribution >= 0.6 is 11.8 Å². The number of piperidine rings is 1. The van der Waals surface area contributed by atoms with Crippen LogP contribution in [0.1, 0.15) is 67.6 Å². The van der Waals surface area contributed by atoms with Gasteiger partial charge in [0.2, 0.25) is 0 Å². The summed E-state index contributed by atoms with van der Waals surface area (Å²) < 4.78 is 0. The van der Waals surface area contributed by atoms with Gasteiger partial charge in [-0.05, 0) is 69.1 Å². The molecule has 1 N–H and O–H groups in total. The molecule has 1 atom stereocenters. The van der Waals surface area contributed by atoms with E-state index in [0.717, 1.165) is 47.5 Å². The molecule has 1 aromatic carbocycles. The normalized spacial score (nSPS) is 19.0. The summed E-state index contributed by atoms with van der Waals surface area (Å²) in [6.45, 7) is 6.32. The Hall–Kier alpha value is -2.08. The molecule has 30 heavy (non-hydrogen) atoms. The van der Waals surface area contributed by atoms with Gasteiger partial charge in [-0.2, -0.15) is 0 Å². The highest BCUT2D eigenvalue weighted by Crippen LogP contribution is 2.28. The van der Waals surface area contributed by atoms with Gasteiger partial charge < -0.3 is 10.2 Å². The van der Waals surface area contributed by atoms with Crippen molar-refractivity contribution in [2.24, 2.45) is 5.92 Å². The average molecular weight is 425 g/mol. The van der Waals surface area contributed by atoms with Gasteiger partial charge >= 0.3 is 0 Å². The monoisotopic (exact) mass is 424 g/mol. The molecule has 0 radical (unpaired) electrons. The van der Waals surface area contributed by atoms with Gasteiger partial charge in [0.15, 0.2) is 5.16 Å². The summed E-state index contributed by atoms with van der Waals surface area (Å²) in [5.41, 5.74) is 3.01. The standard InChI is InChI=1S/C24H32N4OS/c1-3-21-14-22(28-13-5-4-6-17(28)2)27-24(26-21)30-16-19-9-11-20(12-10-19)23(29)25-15-18-7-8-18/h9-12,14,17-18H,3-8,13,15-16H2,1-2H3,(H,25,29)/t17-/m0/s1. The van der Waals surface area contributed by atoms with E-state index >= 15 is 0 Å². The van der Waals surface area contributed by atoms with Crippen LogP contribution in [-0.4, -0.2) is 35.0 Å². The minimum absolute atomic E-state index is 0.0281. The molecule has 0 unspecified atom stereocenters. The molecule has 5 nitrogen and oxygen atoms in total. The van der Waals surface area contributed by atoms with Crippen molar-refractivity contribution in [2.45, 2.75) is 69.3 Å². The molecule has 2 aliphatic rings. The highest BCUT2D eigenvalue weighted by molar-refractivity contribution is 7.98. The van der Waals surface area contributed by atoms with Crippen molar-refractivity contribution in [3.05, 3.63) is 47.2 Å². The van der Waals surface area contributed by atoms with Gasteiger partial charge in [0.1, 0.15) is 5.82 Å². The summed E-state index contributed by atoms with van der Waals surface area (Å²) >= 11 is 1.67. The molecule has 2 fully saturated rings. The van der Waals surface area contributed by atoms with Crippen molar-refractivity contribution >= 4 is 23.5 Å². The Labute approximate surface area is 184 Å². The van der Waals surface area contributed by atoms with Crippen molar-refractivity contribution in [1.29, 1.82) is 0 Å². The maximum atomic E-state index is 12.2. The molecule has 1 aromatic heterocycles. The molecular weight excluding hydrogens is 392 g/mol. The highest BCUT2D eigenvalue weighted by Gasteiger charge is 2.22. The Balaban J connectivity index is 1.38. The van der Waals surface area contributed by atoms with Crippen LogP contribution in [0, 0.1) is 5.92 Å². The van der Waals surface area contributed by atoms with Crippen LogP contribution in [0.25, 0.3) is 0 Å². The average Bonchev–Trinajstić information content (AvgIpc) is 3.61. The number of rotatable bonds is 8. The second-order valence-corrected chi connectivity index (χ2v) is 9.47. The number of aromatic nitrogens is 2. The smallest absolute Gasteiger partial charge is 0.251 e. The lowest BCUT2D eigenvalue weighted by Crippen LogP contribution is -2.38. The van der Waals surface area contributed by atoms with Gasteiger partial charge in [0.05, 0.1) is 0 Å². The third kappa shape index (κ3) is 5.54. The zero-order valence-electron chi connectivity index (χ0n) is 18.1. The van der Waals surface area contributed by atoms with Crippen molar-refractivity contribution in [3.8, 4) is 0 Å². The first-order chi connectivity index (χ1) is 14.6. The molecule has 6 heteroatoms. The summed E-state index contributed by atoms with van der Waals surface area (Å²) in [6.07, 6.45) is 7.18. The molecule has 1 aliphatic carbocycles. The fourth-order valence-corrected chi connectivity index (χ4v) is 4.68. The highest BCUT2D eigenvalue weighted by atomic mass is 32.2. The van der Waals surface area contributed by atoms with Gasteiger partial charge in [-0.1, -0.05) is 30.8 Å². The first-order valence-electron chi connectivity index (χ1n) is 11.3. The Bertz CT molecular complexity index is 866. The van der Waals surface area contributed by atoms with E-state index in [0.29, 0.717) is 12.0 Å². The Morgan fingerprint density at radius 3 is 2.67 bits per heavy atom. The maximum Gasteiger partial charge on any atom is 0.251 e. The molecule has 1 aliphatic heterocycles. The predicted molar refractivity (Wildman–Crippen MR) is 123 cm³/mol. The molecule has 4 rings (SSSR count). The van der Waals surface area contributed by atoms with Crippen LogP contribution in [0.4, 0.5) is 5.82 Å². The number of carbonyl (C=O) groups excluding carboxylic acids is 1. The largest absolute Gasteiger partial charge is 0.354 e. The summed E-state index contributed by atoms with van der Waals surface area (Å²) in [5.74, 6) is 2.59. The number of carbonyl (C=O) groups is 1. The lowest BCUT2D eigenvalue weighted by Gasteiger charge is -2.34. The van der Waals surface area contributed by atoms with E-state index in [2.05, 4.69) is 30.1 Å². The van der Waals surface area contributed by atoms with E-state index in [1.54, 1.807) is 11.8 Å². The number of nitrogens with zero attached hydrogens (tertiary/aromatic N) is 3. The summed E-state index contributed by atoms with van der Waals surface area (Å²) in [6, 6.07) is 10.6. The summed E-state index contributed by atoms with van der Waals surface area (Å²) in [4.78, 5) is 24.3. The van der Waals surface area contributed by atoms with E-state index in [1.165, 1.54) is 37.7 Å². The SMILES string of the molecule is CCc1cc(N2CCCC[C@@H]2C)nc(SCc2ccc(C(=O)NCC3CC3)cc2)n1. The topological polar surface area (TPSA) is 58.1 Å². The van der Waals surface area contributed by atoms with E-state index in [9.17, 15) is 4.79 Å². The van der Waals surface area contributed by atoms with Crippen molar-refractivity contribution in [1.82, 2.24) is 15.3 Å². The number of aryl methyl sites for hydroxylation is 1. The minimum Gasteiger partial charge on any atom is -0.354 e. The van der Waals surface area contributed by atoms with Crippen molar-refractivity contribution in [3.63, 3.8) is 0 Å². The predicted octanol–water partition coefficient (Wildman–Crippen LogP) is 4.85. The fraction of sp³-hybridized carbons (Fsp3) is 0.542. The zero-order valence-corrected chi connectivity index (χ0v) is 18.9. The minimum atomic E-state index is 0.0281. The number of hydrogen-bond donors (Lipinski definition) is 1. The third-order valence-electron chi connectivity index (χ3n) is 6.04. The van der Waals surface area contributed by atoms with Gasteiger partial charge in [0.25, 0.3) is 5.91 Å². The van der Waals surface area contributed by atoms with Crippen LogP contribution in [0.2, 0.25) is 0 Å². The van der Waals surface area contributed by atoms with E-state index in [1.807, 2.05) is 24.3 Å². The molecule has 1 amide bonds. The summed E-state index contributed by atoms with van der Waals surface area (Å²) in [7, 11) is 0. The van der Waals surface area contributed by atoms with Crippen LogP contribution in [0.3, 0.4) is 0 Å². The van der Waals surface area contributed by atoms with Gasteiger partial charge in [-0.15, -0.1) is 0 Å². The second kappa shape index (κ2) is 9.82. The number of amides is 1. The third-order valence-corrected chi connectivity index (χ3v) is 6.96. The Morgan fingerprint density at radius 2 is 1.97 bits per heavy atom. The number of hydrogen-bond acceptors (Lipinski definition) is 5. The van der Waals surface area contributed by atoms with Crippen LogP contribution in [0.5, 0.6) is 0 Å². The molecule has 1 saturated heterocycles. The van der Waals surface area contributed by atoms with Crippen molar-refractivity contribution < 1.29 is 4.79 Å². The van der Waals surface area contributed by atoms with E-state index in [4.69, 9.17) is 9.97 Å². The first-order valence-corrected chi connectivity index (χ1v) is 12.3. The van der Waals surface area contributed by atoms with Gasteiger partial charge in [0, 0.05) is 42.2 Å². The van der Waals surface area contributed by atoms with Crippen molar-refractivity contribution in [2.75, 3.05) is 18.0 Å². The number of anilines is 1. The lowest BCUT2D eigenvalue weighted by molar-refractivity contribution is 0.0952. The second-order valence-electron chi connectivity index (χ2n) is 8.53. The fourth-order valence-electron chi connectivity index (χ4n) is 3.85. The summed E-state index contributed by atoms with van der Waals surface area (Å²) in [5, 5.41) is 3.86.